The number of hydrogen-bond acceptors (Lipinski definition) is 6. The maximum Gasteiger partial charge on any atom is 0.323 e. The molecule has 0 spiro atoms. The zero-order valence-electron chi connectivity index (χ0n) is 17.6. The molecule has 166 valence electrons. The molecule has 4 rings (SSSR count). The third-order valence-electron chi connectivity index (χ3n) is 5.54. The van der Waals surface area contributed by atoms with E-state index in [1.54, 1.807) is 36.5 Å². The van der Waals surface area contributed by atoms with Gasteiger partial charge < -0.3 is 25.0 Å². The lowest BCUT2D eigenvalue weighted by Crippen LogP contribution is -2.55. The first-order chi connectivity index (χ1) is 15.1. The summed E-state index contributed by atoms with van der Waals surface area (Å²) in [4.78, 5) is 20.9. The maximum atomic E-state index is 14.9. The van der Waals surface area contributed by atoms with E-state index < -0.39 is 6.03 Å². The standard InChI is InChI=1S/C22H28FN5O3/c1-16-7-8-18(14-24-16)25-21(29)26-19-6-2-4-17(20(19)23)5-3-9-27-10-12-28(13-11-27)22-30-15-31-22/h2,4,6-8,14,22H,3,5,9-13,15H2,1H3,(H2,25,26,29). The SMILES string of the molecule is Cc1ccc(NC(=O)Nc2cccc(CCCN3CCN(C4OCO4)CC3)c2F)cn1. The minimum atomic E-state index is -0.501. The first kappa shape index (κ1) is 21.6. The summed E-state index contributed by atoms with van der Waals surface area (Å²) in [5.41, 5.74) is 2.18. The molecule has 0 aliphatic carbocycles. The van der Waals surface area contributed by atoms with Crippen LogP contribution in [0.4, 0.5) is 20.6 Å². The van der Waals surface area contributed by atoms with Crippen LogP contribution < -0.4 is 10.6 Å². The predicted octanol–water partition coefficient (Wildman–Crippen LogP) is 3.01. The summed E-state index contributed by atoms with van der Waals surface area (Å²) in [6.45, 7) is 6.86. The molecule has 1 aromatic heterocycles. The summed E-state index contributed by atoms with van der Waals surface area (Å²) < 4.78 is 25.6. The summed E-state index contributed by atoms with van der Waals surface area (Å²) in [5, 5.41) is 5.25. The summed E-state index contributed by atoms with van der Waals surface area (Å²) in [7, 11) is 0. The second-order valence-electron chi connectivity index (χ2n) is 7.79. The zero-order valence-corrected chi connectivity index (χ0v) is 17.6. The van der Waals surface area contributed by atoms with Crippen molar-refractivity contribution in [3.8, 4) is 0 Å². The number of hydrogen-bond donors (Lipinski definition) is 2. The van der Waals surface area contributed by atoms with Gasteiger partial charge in [-0.2, -0.15) is 0 Å². The third-order valence-corrected chi connectivity index (χ3v) is 5.54. The summed E-state index contributed by atoms with van der Waals surface area (Å²) in [6.07, 6.45) is 2.84. The highest BCUT2D eigenvalue weighted by Gasteiger charge is 2.29. The van der Waals surface area contributed by atoms with Gasteiger partial charge in [-0.3, -0.25) is 9.88 Å². The first-order valence-electron chi connectivity index (χ1n) is 10.6. The minimum Gasteiger partial charge on any atom is -0.313 e. The Morgan fingerprint density at radius 3 is 2.65 bits per heavy atom. The molecule has 2 aromatic rings. The maximum absolute atomic E-state index is 14.9. The van der Waals surface area contributed by atoms with Crippen LogP contribution in [0.15, 0.2) is 36.5 Å². The number of halogens is 1. The van der Waals surface area contributed by atoms with Crippen LogP contribution in [0.25, 0.3) is 0 Å². The zero-order chi connectivity index (χ0) is 21.6. The highest BCUT2D eigenvalue weighted by molar-refractivity contribution is 5.99. The van der Waals surface area contributed by atoms with Crippen LogP contribution >= 0.6 is 0 Å². The fraction of sp³-hybridized carbons (Fsp3) is 0.455. The molecule has 0 saturated carbocycles. The number of piperazine rings is 1. The molecule has 2 aliphatic rings. The number of aryl methyl sites for hydroxylation is 2. The van der Waals surface area contributed by atoms with Gasteiger partial charge in [0.25, 0.3) is 0 Å². The van der Waals surface area contributed by atoms with Gasteiger partial charge in [0.1, 0.15) is 5.82 Å². The molecule has 1 aromatic carbocycles. The third kappa shape index (κ3) is 5.76. The van der Waals surface area contributed by atoms with Crippen LogP contribution in [0.5, 0.6) is 0 Å². The van der Waals surface area contributed by atoms with E-state index >= 15 is 0 Å². The molecule has 2 amide bonds. The lowest BCUT2D eigenvalue weighted by atomic mass is 10.1. The minimum absolute atomic E-state index is 0.171. The number of carbonyl (C=O) groups excluding carboxylic acids is 1. The van der Waals surface area contributed by atoms with E-state index in [1.807, 2.05) is 6.92 Å². The van der Waals surface area contributed by atoms with Gasteiger partial charge in [-0.15, -0.1) is 0 Å². The van der Waals surface area contributed by atoms with Gasteiger partial charge >= 0.3 is 6.03 Å². The number of anilines is 2. The van der Waals surface area contributed by atoms with E-state index in [0.717, 1.165) is 44.8 Å². The summed E-state index contributed by atoms with van der Waals surface area (Å²) in [5.74, 6) is -0.385. The highest BCUT2D eigenvalue weighted by atomic mass is 19.1. The van der Waals surface area contributed by atoms with Gasteiger partial charge in [0, 0.05) is 31.9 Å². The van der Waals surface area contributed by atoms with E-state index in [0.29, 0.717) is 24.5 Å². The molecule has 8 nitrogen and oxygen atoms in total. The number of nitrogens with one attached hydrogen (secondary N) is 2. The number of aromatic nitrogens is 1. The normalized spacial score (nSPS) is 17.9. The van der Waals surface area contributed by atoms with Gasteiger partial charge in [-0.25, -0.2) is 9.18 Å². The van der Waals surface area contributed by atoms with Gasteiger partial charge in [-0.05, 0) is 50.1 Å². The molecule has 9 heteroatoms. The monoisotopic (exact) mass is 429 g/mol. The van der Waals surface area contributed by atoms with Crippen molar-refractivity contribution in [2.75, 3.05) is 50.2 Å². The van der Waals surface area contributed by atoms with Crippen molar-refractivity contribution in [3.63, 3.8) is 0 Å². The molecule has 3 heterocycles. The van der Waals surface area contributed by atoms with Crippen molar-refractivity contribution in [2.24, 2.45) is 0 Å². The predicted molar refractivity (Wildman–Crippen MR) is 115 cm³/mol. The fourth-order valence-corrected chi connectivity index (χ4v) is 3.73. The van der Waals surface area contributed by atoms with E-state index in [4.69, 9.17) is 9.47 Å². The molecule has 0 bridgehead atoms. The smallest absolute Gasteiger partial charge is 0.313 e. The number of carbonyl (C=O) groups is 1. The van der Waals surface area contributed by atoms with Gasteiger partial charge in [0.15, 0.2) is 6.79 Å². The number of amides is 2. The molecule has 0 radical (unpaired) electrons. The second-order valence-corrected chi connectivity index (χ2v) is 7.79. The second kappa shape index (κ2) is 10.1. The molecular weight excluding hydrogens is 401 g/mol. The Balaban J connectivity index is 1.23. The number of pyridine rings is 1. The lowest BCUT2D eigenvalue weighted by Gasteiger charge is -2.41. The van der Waals surface area contributed by atoms with Crippen LogP contribution in [0, 0.1) is 12.7 Å². The molecule has 2 aliphatic heterocycles. The Morgan fingerprint density at radius 2 is 1.97 bits per heavy atom. The van der Waals surface area contributed by atoms with Crippen LogP contribution in [0.2, 0.25) is 0 Å². The summed E-state index contributed by atoms with van der Waals surface area (Å²) in [6, 6.07) is 8.14. The highest BCUT2D eigenvalue weighted by Crippen LogP contribution is 2.20. The van der Waals surface area contributed by atoms with Gasteiger partial charge in [-0.1, -0.05) is 12.1 Å². The summed E-state index contributed by atoms with van der Waals surface area (Å²) >= 11 is 0. The average Bonchev–Trinajstić information content (AvgIpc) is 2.72. The molecule has 2 N–H and O–H groups in total. The molecule has 31 heavy (non-hydrogen) atoms. The van der Waals surface area contributed by atoms with Crippen molar-refractivity contribution in [1.82, 2.24) is 14.8 Å². The van der Waals surface area contributed by atoms with Crippen molar-refractivity contribution >= 4 is 17.4 Å². The van der Waals surface area contributed by atoms with Gasteiger partial charge in [0.05, 0.1) is 17.6 Å². The molecule has 0 unspecified atom stereocenters. The van der Waals surface area contributed by atoms with Crippen molar-refractivity contribution < 1.29 is 18.7 Å². The van der Waals surface area contributed by atoms with Crippen LogP contribution in [0.3, 0.4) is 0 Å². The number of benzene rings is 1. The quantitative estimate of drug-likeness (QED) is 0.705. The Bertz CT molecular complexity index is 883. The lowest BCUT2D eigenvalue weighted by molar-refractivity contribution is -0.377. The Morgan fingerprint density at radius 1 is 1.16 bits per heavy atom. The Labute approximate surface area is 181 Å². The Hall–Kier alpha value is -2.59. The van der Waals surface area contributed by atoms with Gasteiger partial charge in [0.2, 0.25) is 6.41 Å². The van der Waals surface area contributed by atoms with E-state index in [-0.39, 0.29) is 17.9 Å². The molecule has 0 atom stereocenters. The fourth-order valence-electron chi connectivity index (χ4n) is 3.73. The molecule has 2 fully saturated rings. The number of rotatable bonds is 7. The van der Waals surface area contributed by atoms with E-state index in [2.05, 4.69) is 25.4 Å². The van der Waals surface area contributed by atoms with Crippen LogP contribution in [-0.4, -0.2) is 66.7 Å². The van der Waals surface area contributed by atoms with Crippen molar-refractivity contribution in [1.29, 1.82) is 0 Å². The van der Waals surface area contributed by atoms with Crippen molar-refractivity contribution in [3.05, 3.63) is 53.6 Å². The van der Waals surface area contributed by atoms with E-state index in [1.165, 1.54) is 0 Å². The topological polar surface area (TPSA) is 79.0 Å². The number of ether oxygens (including phenoxy) is 2. The van der Waals surface area contributed by atoms with Crippen LogP contribution in [0.1, 0.15) is 17.7 Å². The van der Waals surface area contributed by atoms with Crippen molar-refractivity contribution in [2.45, 2.75) is 26.2 Å². The van der Waals surface area contributed by atoms with Crippen LogP contribution in [-0.2, 0) is 15.9 Å². The molecule has 2 saturated heterocycles. The molecular formula is C22H28FN5O3. The number of urea groups is 1. The average molecular weight is 429 g/mol. The largest absolute Gasteiger partial charge is 0.323 e. The first-order valence-corrected chi connectivity index (χ1v) is 10.6. The van der Waals surface area contributed by atoms with E-state index in [9.17, 15) is 9.18 Å². The number of nitrogens with zero attached hydrogens (tertiary/aromatic N) is 3. The Kier molecular flexibility index (Phi) is 7.08.